The number of nitrogen functional groups attached to an aromatic ring is 1. The average Bonchev–Trinajstić information content (AvgIpc) is 2.50. The van der Waals surface area contributed by atoms with Crippen LogP contribution in [0.1, 0.15) is 16.8 Å². The van der Waals surface area contributed by atoms with Crippen molar-refractivity contribution in [3.8, 4) is 0 Å². The van der Waals surface area contributed by atoms with E-state index in [1.807, 2.05) is 0 Å². The zero-order valence-corrected chi connectivity index (χ0v) is 13.2. The molecule has 0 radical (unpaired) electrons. The lowest BCUT2D eigenvalue weighted by atomic mass is 10.2. The Bertz CT molecular complexity index is 530. The number of morpholine rings is 1. The highest BCUT2D eigenvalue weighted by Crippen LogP contribution is 2.23. The van der Waals surface area contributed by atoms with E-state index in [-0.39, 0.29) is 18.2 Å². The summed E-state index contributed by atoms with van der Waals surface area (Å²) >= 11 is 3.29. The van der Waals surface area contributed by atoms with Crippen LogP contribution in [0.25, 0.3) is 0 Å². The molecule has 0 aromatic heterocycles. The maximum Gasteiger partial charge on any atom is 0.252 e. The molecule has 2 rings (SSSR count). The van der Waals surface area contributed by atoms with Crippen LogP contribution in [0.5, 0.6) is 0 Å². The second-order valence-electron chi connectivity index (χ2n) is 4.71. The van der Waals surface area contributed by atoms with Gasteiger partial charge >= 0.3 is 0 Å². The summed E-state index contributed by atoms with van der Waals surface area (Å²) in [6.07, 6.45) is 0.283. The fourth-order valence-corrected chi connectivity index (χ4v) is 2.52. The SMILES string of the molecule is Nc1cccc(C(=O)NCCC(=O)N2CCOCC2)c1Br. The van der Waals surface area contributed by atoms with E-state index in [0.717, 1.165) is 0 Å². The third-order valence-corrected chi connectivity index (χ3v) is 4.15. The summed E-state index contributed by atoms with van der Waals surface area (Å²) in [7, 11) is 0. The van der Waals surface area contributed by atoms with E-state index in [1.165, 1.54) is 0 Å². The summed E-state index contributed by atoms with van der Waals surface area (Å²) in [4.78, 5) is 25.7. The summed E-state index contributed by atoms with van der Waals surface area (Å²) in [5.74, 6) is -0.214. The van der Waals surface area contributed by atoms with Gasteiger partial charge in [-0.3, -0.25) is 9.59 Å². The van der Waals surface area contributed by atoms with Crippen LogP contribution in [0.4, 0.5) is 5.69 Å². The van der Waals surface area contributed by atoms with Crippen LogP contribution in [0.15, 0.2) is 22.7 Å². The minimum absolute atomic E-state index is 0.0326. The summed E-state index contributed by atoms with van der Waals surface area (Å²) in [5, 5.41) is 2.73. The van der Waals surface area contributed by atoms with Gasteiger partial charge in [0, 0.05) is 31.7 Å². The maximum atomic E-state index is 12.0. The van der Waals surface area contributed by atoms with Gasteiger partial charge in [-0.2, -0.15) is 0 Å². The molecule has 1 saturated heterocycles. The standard InChI is InChI=1S/C14H18BrN3O3/c15-13-10(2-1-3-11(13)16)14(20)17-5-4-12(19)18-6-8-21-9-7-18/h1-3H,4-9,16H2,(H,17,20). The molecular formula is C14H18BrN3O3. The normalized spacial score (nSPS) is 14.8. The number of hydrogen-bond donors (Lipinski definition) is 2. The first-order valence-corrected chi connectivity index (χ1v) is 7.56. The molecule has 1 aromatic rings. The quantitative estimate of drug-likeness (QED) is 0.789. The topological polar surface area (TPSA) is 84.7 Å². The van der Waals surface area contributed by atoms with Gasteiger partial charge in [0.1, 0.15) is 0 Å². The number of nitrogens with one attached hydrogen (secondary N) is 1. The first kappa shape index (κ1) is 15.8. The Morgan fingerprint density at radius 3 is 2.76 bits per heavy atom. The Balaban J connectivity index is 1.81. The average molecular weight is 356 g/mol. The highest BCUT2D eigenvalue weighted by atomic mass is 79.9. The number of ether oxygens (including phenoxy) is 1. The van der Waals surface area contributed by atoms with Crippen molar-refractivity contribution in [2.24, 2.45) is 0 Å². The number of anilines is 1. The molecule has 114 valence electrons. The lowest BCUT2D eigenvalue weighted by Gasteiger charge is -2.26. The Hall–Kier alpha value is -1.60. The van der Waals surface area contributed by atoms with Crippen LogP contribution in [0.3, 0.4) is 0 Å². The molecule has 0 unspecified atom stereocenters. The number of nitrogens with zero attached hydrogens (tertiary/aromatic N) is 1. The first-order valence-electron chi connectivity index (χ1n) is 6.77. The van der Waals surface area contributed by atoms with Gasteiger partial charge in [-0.1, -0.05) is 6.07 Å². The summed E-state index contributed by atoms with van der Waals surface area (Å²) < 4.78 is 5.77. The minimum Gasteiger partial charge on any atom is -0.398 e. The molecule has 1 aliphatic heterocycles. The summed E-state index contributed by atoms with van der Waals surface area (Å²) in [5.41, 5.74) is 6.71. The smallest absolute Gasteiger partial charge is 0.252 e. The Kier molecular flexibility index (Phi) is 5.58. The van der Waals surface area contributed by atoms with E-state index in [2.05, 4.69) is 21.2 Å². The zero-order chi connectivity index (χ0) is 15.2. The van der Waals surface area contributed by atoms with E-state index >= 15 is 0 Å². The number of halogens is 1. The predicted octanol–water partition coefficient (Wildman–Crippen LogP) is 1.01. The van der Waals surface area contributed by atoms with Gasteiger partial charge in [-0.15, -0.1) is 0 Å². The van der Waals surface area contributed by atoms with Crippen LogP contribution in [0, 0.1) is 0 Å². The number of carbonyl (C=O) groups is 2. The van der Waals surface area contributed by atoms with E-state index in [1.54, 1.807) is 23.1 Å². The number of hydrogen-bond acceptors (Lipinski definition) is 4. The van der Waals surface area contributed by atoms with Gasteiger partial charge < -0.3 is 20.7 Å². The third-order valence-electron chi connectivity index (χ3n) is 3.26. The van der Waals surface area contributed by atoms with Crippen LogP contribution >= 0.6 is 15.9 Å². The number of rotatable bonds is 4. The molecule has 1 aliphatic rings. The van der Waals surface area contributed by atoms with Crippen LogP contribution in [0.2, 0.25) is 0 Å². The maximum absolute atomic E-state index is 12.0. The molecule has 0 bridgehead atoms. The van der Waals surface area contributed by atoms with Gasteiger partial charge in [-0.05, 0) is 28.1 Å². The Morgan fingerprint density at radius 1 is 1.33 bits per heavy atom. The van der Waals surface area contributed by atoms with Gasteiger partial charge in [0.15, 0.2) is 0 Å². The molecule has 1 aromatic carbocycles. The lowest BCUT2D eigenvalue weighted by molar-refractivity contribution is -0.135. The Labute approximate surface area is 131 Å². The van der Waals surface area contributed by atoms with Crippen molar-refractivity contribution < 1.29 is 14.3 Å². The second kappa shape index (κ2) is 7.42. The van der Waals surface area contributed by atoms with Gasteiger partial charge in [-0.25, -0.2) is 0 Å². The molecule has 0 atom stereocenters. The molecule has 6 nitrogen and oxygen atoms in total. The van der Waals surface area contributed by atoms with Crippen molar-refractivity contribution in [3.63, 3.8) is 0 Å². The van der Waals surface area contributed by atoms with Crippen molar-refractivity contribution in [2.75, 3.05) is 38.6 Å². The highest BCUT2D eigenvalue weighted by molar-refractivity contribution is 9.10. The first-order chi connectivity index (χ1) is 10.1. The van der Waals surface area contributed by atoms with Crippen LogP contribution in [-0.2, 0) is 9.53 Å². The van der Waals surface area contributed by atoms with Crippen molar-refractivity contribution in [1.82, 2.24) is 10.2 Å². The molecular weight excluding hydrogens is 338 g/mol. The third kappa shape index (κ3) is 4.18. The number of carbonyl (C=O) groups excluding carboxylic acids is 2. The van der Waals surface area contributed by atoms with E-state index in [4.69, 9.17) is 10.5 Å². The molecule has 3 N–H and O–H groups in total. The van der Waals surface area contributed by atoms with Crippen molar-refractivity contribution in [3.05, 3.63) is 28.2 Å². The molecule has 0 spiro atoms. The summed E-state index contributed by atoms with van der Waals surface area (Å²) in [6.45, 7) is 2.69. The van der Waals surface area contributed by atoms with Gasteiger partial charge in [0.05, 0.1) is 23.2 Å². The monoisotopic (exact) mass is 355 g/mol. The minimum atomic E-state index is -0.246. The van der Waals surface area contributed by atoms with E-state index in [0.29, 0.717) is 48.6 Å². The molecule has 0 aliphatic carbocycles. The second-order valence-corrected chi connectivity index (χ2v) is 5.50. The molecule has 21 heavy (non-hydrogen) atoms. The van der Waals surface area contributed by atoms with E-state index < -0.39 is 0 Å². The fraction of sp³-hybridized carbons (Fsp3) is 0.429. The molecule has 2 amide bonds. The van der Waals surface area contributed by atoms with Gasteiger partial charge in [0.2, 0.25) is 5.91 Å². The van der Waals surface area contributed by atoms with Crippen LogP contribution < -0.4 is 11.1 Å². The van der Waals surface area contributed by atoms with Crippen molar-refractivity contribution in [2.45, 2.75) is 6.42 Å². The highest BCUT2D eigenvalue weighted by Gasteiger charge is 2.17. The molecule has 1 fully saturated rings. The zero-order valence-electron chi connectivity index (χ0n) is 11.6. The van der Waals surface area contributed by atoms with Gasteiger partial charge in [0.25, 0.3) is 5.91 Å². The number of benzene rings is 1. The van der Waals surface area contributed by atoms with Crippen LogP contribution in [-0.4, -0.2) is 49.6 Å². The molecule has 1 heterocycles. The molecule has 0 saturated carbocycles. The number of amides is 2. The fourth-order valence-electron chi connectivity index (χ4n) is 2.07. The molecule has 7 heteroatoms. The Morgan fingerprint density at radius 2 is 2.05 bits per heavy atom. The summed E-state index contributed by atoms with van der Waals surface area (Å²) in [6, 6.07) is 5.11. The van der Waals surface area contributed by atoms with E-state index in [9.17, 15) is 9.59 Å². The van der Waals surface area contributed by atoms with Crippen molar-refractivity contribution >= 4 is 33.4 Å². The van der Waals surface area contributed by atoms with Crippen molar-refractivity contribution in [1.29, 1.82) is 0 Å². The number of nitrogens with two attached hydrogens (primary N) is 1. The predicted molar refractivity (Wildman–Crippen MR) is 82.9 cm³/mol. The lowest BCUT2D eigenvalue weighted by Crippen LogP contribution is -2.42. The largest absolute Gasteiger partial charge is 0.398 e.